The molecule has 1 atom stereocenters. The number of nitrogens with one attached hydrogen (secondary N) is 1. The van der Waals surface area contributed by atoms with Crippen LogP contribution in [0.4, 0.5) is 10.5 Å². The topological polar surface area (TPSA) is 32.3 Å². The summed E-state index contributed by atoms with van der Waals surface area (Å²) in [5.74, 6) is 0.938. The molecule has 1 N–H and O–H groups in total. The second-order valence-corrected chi connectivity index (χ2v) is 9.28. The van der Waals surface area contributed by atoms with Gasteiger partial charge in [0.25, 0.3) is 0 Å². The van der Waals surface area contributed by atoms with Crippen LogP contribution in [0, 0.1) is 6.92 Å². The van der Waals surface area contributed by atoms with Crippen molar-refractivity contribution in [3.63, 3.8) is 0 Å². The van der Waals surface area contributed by atoms with Crippen LogP contribution in [0.1, 0.15) is 42.8 Å². The molecule has 2 aromatic rings. The maximum atomic E-state index is 12.8. The number of halogens is 1. The van der Waals surface area contributed by atoms with Crippen molar-refractivity contribution in [3.05, 3.63) is 64.2 Å². The van der Waals surface area contributed by atoms with Crippen molar-refractivity contribution in [2.24, 2.45) is 0 Å². The standard InChI is InChI=1S/C21H25ClN2OS/c1-14-5-10-17(13-18(14)22)23-20(25)24-11-12-26-19(24)15-6-8-16(9-7-15)21(2,3)4/h5-10,13,19H,11-12H2,1-4H3,(H,23,25). The fraction of sp³-hybridized carbons (Fsp3) is 0.381. The number of rotatable bonds is 2. The number of anilines is 1. The van der Waals surface area contributed by atoms with Gasteiger partial charge in [0.05, 0.1) is 0 Å². The highest BCUT2D eigenvalue weighted by Gasteiger charge is 2.31. The Labute approximate surface area is 165 Å². The molecule has 0 spiro atoms. The van der Waals surface area contributed by atoms with E-state index in [9.17, 15) is 4.79 Å². The molecule has 1 saturated heterocycles. The summed E-state index contributed by atoms with van der Waals surface area (Å²) in [4.78, 5) is 14.7. The van der Waals surface area contributed by atoms with Crippen molar-refractivity contribution in [1.82, 2.24) is 4.90 Å². The minimum Gasteiger partial charge on any atom is -0.308 e. The van der Waals surface area contributed by atoms with Gasteiger partial charge in [0.2, 0.25) is 0 Å². The van der Waals surface area contributed by atoms with E-state index in [1.54, 1.807) is 17.8 Å². The molecule has 3 nitrogen and oxygen atoms in total. The van der Waals surface area contributed by atoms with Crippen LogP contribution in [-0.2, 0) is 5.41 Å². The minimum atomic E-state index is -0.0835. The molecule has 1 aliphatic rings. The highest BCUT2D eigenvalue weighted by Crippen LogP contribution is 2.39. The second-order valence-electron chi connectivity index (χ2n) is 7.68. The van der Waals surface area contributed by atoms with E-state index in [0.29, 0.717) is 5.02 Å². The van der Waals surface area contributed by atoms with E-state index in [0.717, 1.165) is 29.1 Å². The number of thioether (sulfide) groups is 1. The van der Waals surface area contributed by atoms with Crippen molar-refractivity contribution in [2.75, 3.05) is 17.6 Å². The van der Waals surface area contributed by atoms with E-state index in [-0.39, 0.29) is 16.8 Å². The van der Waals surface area contributed by atoms with Crippen LogP contribution in [-0.4, -0.2) is 23.2 Å². The van der Waals surface area contributed by atoms with Crippen LogP contribution in [0.2, 0.25) is 5.02 Å². The molecule has 1 aliphatic heterocycles. The maximum Gasteiger partial charge on any atom is 0.323 e. The lowest BCUT2D eigenvalue weighted by atomic mass is 9.87. The molecule has 3 rings (SSSR count). The van der Waals surface area contributed by atoms with E-state index >= 15 is 0 Å². The normalized spacial score (nSPS) is 17.4. The zero-order valence-corrected chi connectivity index (χ0v) is 17.2. The SMILES string of the molecule is Cc1ccc(NC(=O)N2CCSC2c2ccc(C(C)(C)C)cc2)cc1Cl. The van der Waals surface area contributed by atoms with Crippen molar-refractivity contribution >= 4 is 35.1 Å². The van der Waals surface area contributed by atoms with Crippen molar-refractivity contribution in [2.45, 2.75) is 38.5 Å². The molecule has 0 aliphatic carbocycles. The predicted octanol–water partition coefficient (Wildman–Crippen LogP) is 6.23. The molecule has 2 aromatic carbocycles. The summed E-state index contributed by atoms with van der Waals surface area (Å²) in [5.41, 5.74) is 4.32. The van der Waals surface area contributed by atoms with Gasteiger partial charge in [-0.2, -0.15) is 0 Å². The van der Waals surface area contributed by atoms with E-state index < -0.39 is 0 Å². The van der Waals surface area contributed by atoms with Crippen LogP contribution >= 0.6 is 23.4 Å². The van der Waals surface area contributed by atoms with Crippen LogP contribution in [0.15, 0.2) is 42.5 Å². The number of carbonyl (C=O) groups excluding carboxylic acids is 1. The van der Waals surface area contributed by atoms with E-state index in [1.165, 1.54) is 5.56 Å². The Kier molecular flexibility index (Phi) is 5.54. The van der Waals surface area contributed by atoms with Crippen LogP contribution in [0.25, 0.3) is 0 Å². The molecule has 1 unspecified atom stereocenters. The Morgan fingerprint density at radius 1 is 1.19 bits per heavy atom. The van der Waals surface area contributed by atoms with Gasteiger partial charge < -0.3 is 10.2 Å². The fourth-order valence-electron chi connectivity index (χ4n) is 2.97. The first-order valence-corrected chi connectivity index (χ1v) is 10.2. The summed E-state index contributed by atoms with van der Waals surface area (Å²) in [7, 11) is 0. The highest BCUT2D eigenvalue weighted by molar-refractivity contribution is 7.99. The van der Waals surface area contributed by atoms with Gasteiger partial charge in [-0.3, -0.25) is 0 Å². The van der Waals surface area contributed by atoms with Crippen LogP contribution in [0.3, 0.4) is 0 Å². The van der Waals surface area contributed by atoms with Crippen LogP contribution in [0.5, 0.6) is 0 Å². The van der Waals surface area contributed by atoms with E-state index in [2.05, 4.69) is 50.4 Å². The number of hydrogen-bond acceptors (Lipinski definition) is 2. The van der Waals surface area contributed by atoms with Crippen LogP contribution < -0.4 is 5.32 Å². The molecule has 0 aromatic heterocycles. The lowest BCUT2D eigenvalue weighted by Gasteiger charge is -2.25. The molecular formula is C21H25ClN2OS. The quantitative estimate of drug-likeness (QED) is 0.661. The van der Waals surface area contributed by atoms with Gasteiger partial charge in [-0.05, 0) is 41.2 Å². The van der Waals surface area contributed by atoms with Crippen molar-refractivity contribution in [1.29, 1.82) is 0 Å². The number of urea groups is 1. The zero-order chi connectivity index (χ0) is 18.9. The molecule has 0 saturated carbocycles. The van der Waals surface area contributed by atoms with Crippen molar-refractivity contribution < 1.29 is 4.79 Å². The third-order valence-corrected chi connectivity index (χ3v) is 6.30. The fourth-order valence-corrected chi connectivity index (χ4v) is 4.40. The number of carbonyl (C=O) groups is 1. The average Bonchev–Trinajstić information content (AvgIpc) is 3.07. The minimum absolute atomic E-state index is 0.0462. The Morgan fingerprint density at radius 3 is 2.50 bits per heavy atom. The lowest BCUT2D eigenvalue weighted by Crippen LogP contribution is -2.34. The number of amides is 2. The lowest BCUT2D eigenvalue weighted by molar-refractivity contribution is 0.214. The summed E-state index contributed by atoms with van der Waals surface area (Å²) in [6, 6.07) is 14.1. The molecule has 1 fully saturated rings. The summed E-state index contributed by atoms with van der Waals surface area (Å²) < 4.78 is 0. The number of nitrogens with zero attached hydrogens (tertiary/aromatic N) is 1. The van der Waals surface area contributed by atoms with Gasteiger partial charge in [0.1, 0.15) is 5.37 Å². The van der Waals surface area contributed by atoms with Gasteiger partial charge in [0.15, 0.2) is 0 Å². The monoisotopic (exact) mass is 388 g/mol. The predicted molar refractivity (Wildman–Crippen MR) is 112 cm³/mol. The molecule has 26 heavy (non-hydrogen) atoms. The molecule has 138 valence electrons. The van der Waals surface area contributed by atoms with Gasteiger partial charge in [-0.1, -0.05) is 62.7 Å². The molecule has 1 heterocycles. The third-order valence-electron chi connectivity index (χ3n) is 4.64. The average molecular weight is 389 g/mol. The zero-order valence-electron chi connectivity index (χ0n) is 15.7. The second kappa shape index (κ2) is 7.53. The first-order chi connectivity index (χ1) is 12.3. The number of aryl methyl sites for hydroxylation is 1. The molecular weight excluding hydrogens is 364 g/mol. The van der Waals surface area contributed by atoms with Gasteiger partial charge in [-0.15, -0.1) is 11.8 Å². The summed E-state index contributed by atoms with van der Waals surface area (Å²) in [6.07, 6.45) is 0. The van der Waals surface area contributed by atoms with Gasteiger partial charge in [-0.25, -0.2) is 4.79 Å². The van der Waals surface area contributed by atoms with Gasteiger partial charge >= 0.3 is 6.03 Å². The van der Waals surface area contributed by atoms with E-state index in [1.807, 2.05) is 24.0 Å². The Hall–Kier alpha value is -1.65. The largest absolute Gasteiger partial charge is 0.323 e. The summed E-state index contributed by atoms with van der Waals surface area (Å²) >= 11 is 7.96. The third kappa shape index (κ3) is 4.18. The first kappa shape index (κ1) is 19.1. The maximum absolute atomic E-state index is 12.8. The Balaban J connectivity index is 1.75. The Bertz CT molecular complexity index is 799. The molecule has 2 amide bonds. The van der Waals surface area contributed by atoms with E-state index in [4.69, 9.17) is 11.6 Å². The first-order valence-electron chi connectivity index (χ1n) is 8.81. The van der Waals surface area contributed by atoms with Crippen molar-refractivity contribution in [3.8, 4) is 0 Å². The Morgan fingerprint density at radius 2 is 1.88 bits per heavy atom. The number of benzene rings is 2. The highest BCUT2D eigenvalue weighted by atomic mass is 35.5. The van der Waals surface area contributed by atoms with Gasteiger partial charge in [0, 0.05) is 23.0 Å². The molecule has 0 bridgehead atoms. The molecule has 5 heteroatoms. The summed E-state index contributed by atoms with van der Waals surface area (Å²) in [6.45, 7) is 9.31. The number of hydrogen-bond donors (Lipinski definition) is 1. The smallest absolute Gasteiger partial charge is 0.308 e. The summed E-state index contributed by atoms with van der Waals surface area (Å²) in [5, 5.41) is 3.68. The molecule has 0 radical (unpaired) electrons.